The van der Waals surface area contributed by atoms with Gasteiger partial charge >= 0.3 is 12.1 Å². The average molecular weight is 286 g/mol. The molecule has 1 aliphatic heterocycles. The molecule has 0 N–H and O–H groups in total. The third kappa shape index (κ3) is 2.89. The smallest absolute Gasteiger partial charge is 0.368 e. The van der Waals surface area contributed by atoms with Gasteiger partial charge in [0.25, 0.3) is 0 Å². The Labute approximate surface area is 116 Å². The lowest BCUT2D eigenvalue weighted by Gasteiger charge is -2.37. The van der Waals surface area contributed by atoms with Crippen LogP contribution in [0.4, 0.5) is 18.9 Å². The number of benzene rings is 1. The number of aryl methyl sites for hydroxylation is 1. The van der Waals surface area contributed by atoms with E-state index in [1.54, 1.807) is 0 Å². The Morgan fingerprint density at radius 3 is 2.25 bits per heavy atom. The summed E-state index contributed by atoms with van der Waals surface area (Å²) in [6, 6.07) is 5.90. The van der Waals surface area contributed by atoms with E-state index in [1.807, 2.05) is 36.9 Å². The van der Waals surface area contributed by atoms with E-state index in [4.69, 9.17) is 0 Å². The number of amides is 1. The van der Waals surface area contributed by atoms with Gasteiger partial charge in [0, 0.05) is 31.9 Å². The zero-order valence-electron chi connectivity index (χ0n) is 11.5. The van der Waals surface area contributed by atoms with Crippen molar-refractivity contribution in [2.75, 3.05) is 31.1 Å². The quantitative estimate of drug-likeness (QED) is 0.792. The van der Waals surface area contributed by atoms with E-state index < -0.39 is 12.1 Å². The molecule has 1 aromatic carbocycles. The first kappa shape index (κ1) is 14.7. The Morgan fingerprint density at radius 2 is 1.70 bits per heavy atom. The summed E-state index contributed by atoms with van der Waals surface area (Å²) in [5.41, 5.74) is 3.31. The fraction of sp³-hybridized carbons (Fsp3) is 0.500. The fourth-order valence-corrected chi connectivity index (χ4v) is 2.41. The SMILES string of the molecule is Cc1cccc(N2CCN(C(=O)C(F)(F)F)CC2)c1C. The lowest BCUT2D eigenvalue weighted by Crippen LogP contribution is -2.52. The number of anilines is 1. The Balaban J connectivity index is 2.05. The highest BCUT2D eigenvalue weighted by Gasteiger charge is 2.43. The van der Waals surface area contributed by atoms with Crippen LogP contribution in [-0.2, 0) is 4.79 Å². The summed E-state index contributed by atoms with van der Waals surface area (Å²) in [5, 5.41) is 0. The zero-order chi connectivity index (χ0) is 14.9. The minimum atomic E-state index is -4.78. The molecule has 0 atom stereocenters. The number of alkyl halides is 3. The van der Waals surface area contributed by atoms with Gasteiger partial charge in [-0.05, 0) is 31.0 Å². The minimum Gasteiger partial charge on any atom is -0.368 e. The molecule has 2 rings (SSSR count). The van der Waals surface area contributed by atoms with Crippen LogP contribution in [0.2, 0.25) is 0 Å². The predicted molar refractivity (Wildman–Crippen MR) is 70.8 cm³/mol. The van der Waals surface area contributed by atoms with E-state index in [0.29, 0.717) is 13.1 Å². The molecule has 1 heterocycles. The van der Waals surface area contributed by atoms with Crippen molar-refractivity contribution < 1.29 is 18.0 Å². The Hall–Kier alpha value is -1.72. The van der Waals surface area contributed by atoms with Crippen LogP contribution in [-0.4, -0.2) is 43.2 Å². The van der Waals surface area contributed by atoms with Crippen LogP contribution < -0.4 is 4.90 Å². The molecular weight excluding hydrogens is 269 g/mol. The topological polar surface area (TPSA) is 23.6 Å². The normalized spacial score (nSPS) is 16.4. The molecule has 1 amide bonds. The average Bonchev–Trinajstić information content (AvgIpc) is 2.40. The largest absolute Gasteiger partial charge is 0.471 e. The molecule has 1 aromatic rings. The first-order chi connectivity index (χ1) is 9.30. The highest BCUT2D eigenvalue weighted by Crippen LogP contribution is 2.25. The van der Waals surface area contributed by atoms with Crippen molar-refractivity contribution in [3.8, 4) is 0 Å². The first-order valence-corrected chi connectivity index (χ1v) is 6.48. The van der Waals surface area contributed by atoms with Crippen LogP contribution in [0, 0.1) is 13.8 Å². The highest BCUT2D eigenvalue weighted by molar-refractivity contribution is 5.82. The Morgan fingerprint density at radius 1 is 1.10 bits per heavy atom. The molecule has 0 bridgehead atoms. The van der Waals surface area contributed by atoms with Crippen LogP contribution in [0.15, 0.2) is 18.2 Å². The van der Waals surface area contributed by atoms with Gasteiger partial charge in [0.05, 0.1) is 0 Å². The molecule has 0 aliphatic carbocycles. The number of carbonyl (C=O) groups is 1. The molecule has 1 saturated heterocycles. The minimum absolute atomic E-state index is 0.103. The number of rotatable bonds is 1. The van der Waals surface area contributed by atoms with Crippen LogP contribution in [0.5, 0.6) is 0 Å². The first-order valence-electron chi connectivity index (χ1n) is 6.48. The summed E-state index contributed by atoms with van der Waals surface area (Å²) in [5.74, 6) is -1.74. The molecule has 20 heavy (non-hydrogen) atoms. The highest BCUT2D eigenvalue weighted by atomic mass is 19.4. The number of carbonyl (C=O) groups excluding carboxylic acids is 1. The van der Waals surface area contributed by atoms with Crippen molar-refractivity contribution in [3.63, 3.8) is 0 Å². The molecule has 110 valence electrons. The van der Waals surface area contributed by atoms with E-state index >= 15 is 0 Å². The van der Waals surface area contributed by atoms with Crippen molar-refractivity contribution in [2.24, 2.45) is 0 Å². The fourth-order valence-electron chi connectivity index (χ4n) is 2.41. The van der Waals surface area contributed by atoms with Gasteiger partial charge in [-0.1, -0.05) is 12.1 Å². The number of piperazine rings is 1. The molecule has 0 saturated carbocycles. The number of halogens is 3. The van der Waals surface area contributed by atoms with Gasteiger partial charge in [-0.3, -0.25) is 4.79 Å². The Bertz CT molecular complexity index is 506. The molecule has 1 fully saturated rings. The van der Waals surface area contributed by atoms with Crippen molar-refractivity contribution >= 4 is 11.6 Å². The lowest BCUT2D eigenvalue weighted by atomic mass is 10.1. The summed E-state index contributed by atoms with van der Waals surface area (Å²) >= 11 is 0. The number of hydrogen-bond donors (Lipinski definition) is 0. The lowest BCUT2D eigenvalue weighted by molar-refractivity contribution is -0.185. The van der Waals surface area contributed by atoms with Crippen LogP contribution in [0.3, 0.4) is 0 Å². The molecule has 3 nitrogen and oxygen atoms in total. The van der Waals surface area contributed by atoms with E-state index in [-0.39, 0.29) is 13.1 Å². The van der Waals surface area contributed by atoms with E-state index in [1.165, 1.54) is 0 Å². The monoisotopic (exact) mass is 286 g/mol. The van der Waals surface area contributed by atoms with Crippen LogP contribution in [0.25, 0.3) is 0 Å². The van der Waals surface area contributed by atoms with Gasteiger partial charge in [0.2, 0.25) is 0 Å². The van der Waals surface area contributed by atoms with E-state index in [9.17, 15) is 18.0 Å². The Kier molecular flexibility index (Phi) is 3.92. The third-order valence-corrected chi connectivity index (χ3v) is 3.73. The summed E-state index contributed by atoms with van der Waals surface area (Å²) < 4.78 is 37.1. The predicted octanol–water partition coefficient (Wildman–Crippen LogP) is 2.51. The van der Waals surface area contributed by atoms with Crippen LogP contribution in [0.1, 0.15) is 11.1 Å². The van der Waals surface area contributed by atoms with Gasteiger partial charge in [0.15, 0.2) is 0 Å². The molecule has 6 heteroatoms. The second-order valence-corrected chi connectivity index (χ2v) is 5.00. The van der Waals surface area contributed by atoms with Crippen LogP contribution >= 0.6 is 0 Å². The standard InChI is InChI=1S/C14H17F3N2O/c1-10-4-3-5-12(11(10)2)18-6-8-19(9-7-18)13(20)14(15,16)17/h3-5H,6-9H2,1-2H3. The van der Waals surface area contributed by atoms with Crippen molar-refractivity contribution in [1.29, 1.82) is 0 Å². The zero-order valence-corrected chi connectivity index (χ0v) is 11.5. The summed E-state index contributed by atoms with van der Waals surface area (Å²) in [7, 11) is 0. The van der Waals surface area contributed by atoms with Gasteiger partial charge in [0.1, 0.15) is 0 Å². The number of nitrogens with zero attached hydrogens (tertiary/aromatic N) is 2. The van der Waals surface area contributed by atoms with Crippen molar-refractivity contribution in [3.05, 3.63) is 29.3 Å². The molecular formula is C14H17F3N2O. The molecule has 0 spiro atoms. The number of hydrogen-bond acceptors (Lipinski definition) is 2. The van der Waals surface area contributed by atoms with E-state index in [0.717, 1.165) is 21.7 Å². The van der Waals surface area contributed by atoms with Gasteiger partial charge in [-0.25, -0.2) is 0 Å². The van der Waals surface area contributed by atoms with Gasteiger partial charge < -0.3 is 9.80 Å². The van der Waals surface area contributed by atoms with Crippen molar-refractivity contribution in [2.45, 2.75) is 20.0 Å². The molecule has 1 aliphatic rings. The summed E-state index contributed by atoms with van der Waals surface area (Å²) in [4.78, 5) is 14.1. The second-order valence-electron chi connectivity index (χ2n) is 5.00. The summed E-state index contributed by atoms with van der Waals surface area (Å²) in [6.45, 7) is 5.05. The van der Waals surface area contributed by atoms with Crippen molar-refractivity contribution in [1.82, 2.24) is 4.90 Å². The van der Waals surface area contributed by atoms with Gasteiger partial charge in [-0.15, -0.1) is 0 Å². The third-order valence-electron chi connectivity index (χ3n) is 3.73. The summed E-state index contributed by atoms with van der Waals surface area (Å²) in [6.07, 6.45) is -4.78. The maximum absolute atomic E-state index is 12.4. The maximum atomic E-state index is 12.4. The maximum Gasteiger partial charge on any atom is 0.471 e. The van der Waals surface area contributed by atoms with Gasteiger partial charge in [-0.2, -0.15) is 13.2 Å². The molecule has 0 unspecified atom stereocenters. The second kappa shape index (κ2) is 5.34. The molecule has 0 aromatic heterocycles. The molecule has 0 radical (unpaired) electrons. The van der Waals surface area contributed by atoms with E-state index in [2.05, 4.69) is 0 Å².